The molecule has 1 aliphatic rings. The Balaban J connectivity index is -0.0000000900. The van der Waals surface area contributed by atoms with Crippen LogP contribution in [0.15, 0.2) is 17.4 Å². The van der Waals surface area contributed by atoms with E-state index in [1.165, 1.54) is 0 Å². The summed E-state index contributed by atoms with van der Waals surface area (Å²) in [7, 11) is -0.250. The van der Waals surface area contributed by atoms with Gasteiger partial charge in [-0.2, -0.15) is 0 Å². The second-order valence-electron chi connectivity index (χ2n) is 0.938. The number of rotatable bonds is 0. The van der Waals surface area contributed by atoms with Crippen LogP contribution in [0.3, 0.4) is 0 Å². The molecule has 0 amide bonds. The van der Waals surface area contributed by atoms with Gasteiger partial charge in [0.1, 0.15) is 6.20 Å². The van der Waals surface area contributed by atoms with Crippen LogP contribution >= 0.6 is 0 Å². The van der Waals surface area contributed by atoms with Crippen LogP contribution in [0.4, 0.5) is 0 Å². The molecule has 0 atom stereocenters. The van der Waals surface area contributed by atoms with E-state index in [-0.39, 0.29) is 42.7 Å². The molecule has 0 bridgehead atoms. The maximum Gasteiger partial charge on any atom is 1.00 e. The minimum absolute atomic E-state index is 0. The standard InChI is InChI=1S/C3H4N2.BHO2.Na.H2O/c1-2-5-3-4-1;2-1-3;;/h1-3H,(H,4,5);2H;;1H2/q;-1;+1;. The Morgan fingerprint density at radius 1 is 1.60 bits per heavy atom. The largest absolute Gasteiger partial charge is 1.00 e. The van der Waals surface area contributed by atoms with E-state index in [9.17, 15) is 0 Å². The van der Waals surface area contributed by atoms with Crippen molar-refractivity contribution >= 4 is 14.0 Å². The van der Waals surface area contributed by atoms with Gasteiger partial charge in [0.05, 0.1) is 6.20 Å². The van der Waals surface area contributed by atoms with Crippen LogP contribution in [-0.4, -0.2) is 24.5 Å². The number of nitrogens with zero attached hydrogens (tertiary/aromatic N) is 1. The quantitative estimate of drug-likeness (QED) is 0.338. The van der Waals surface area contributed by atoms with E-state index in [0.717, 1.165) is 0 Å². The molecule has 51 valence electrons. The summed E-state index contributed by atoms with van der Waals surface area (Å²) in [5.74, 6) is 0. The van der Waals surface area contributed by atoms with Crippen molar-refractivity contribution in [1.29, 1.82) is 0 Å². The molecular weight excluding hydrogens is 146 g/mol. The Labute approximate surface area is 81.8 Å². The van der Waals surface area contributed by atoms with E-state index in [0.29, 0.717) is 0 Å². The molecule has 0 saturated carbocycles. The van der Waals surface area contributed by atoms with Crippen LogP contribution in [-0.2, 0) is 0 Å². The smallest absolute Gasteiger partial charge is 0.870 e. The molecule has 0 spiro atoms. The summed E-state index contributed by atoms with van der Waals surface area (Å²) < 4.78 is 0. The maximum absolute atomic E-state index is 8.36. The van der Waals surface area contributed by atoms with Crippen molar-refractivity contribution < 1.29 is 50.4 Å². The van der Waals surface area contributed by atoms with Crippen LogP contribution in [0.5, 0.6) is 0 Å². The van der Waals surface area contributed by atoms with Crippen LogP contribution in [0.2, 0.25) is 0 Å². The molecule has 1 rings (SSSR count). The number of quaternary nitrogens is 1. The zero-order valence-corrected chi connectivity index (χ0v) is 7.64. The summed E-state index contributed by atoms with van der Waals surface area (Å²) >= 11 is 0. The molecular formula is C3H7BN2NaO3. The number of hydrogen-bond donors (Lipinski definition) is 2. The first-order valence-corrected chi connectivity index (χ1v) is 2.01. The third-order valence-corrected chi connectivity index (χ3v) is 0.455. The van der Waals surface area contributed by atoms with Crippen molar-refractivity contribution in [3.63, 3.8) is 0 Å². The summed E-state index contributed by atoms with van der Waals surface area (Å²) in [6, 6.07) is 0. The fraction of sp³-hybridized carbons (Fsp3) is 0. The summed E-state index contributed by atoms with van der Waals surface area (Å²) in [6.45, 7) is 0. The van der Waals surface area contributed by atoms with Gasteiger partial charge in [-0.1, -0.05) is 0 Å². The summed E-state index contributed by atoms with van der Waals surface area (Å²) in [5, 5.41) is 17.1. The Morgan fingerprint density at radius 2 is 2.10 bits per heavy atom. The molecule has 0 aromatic carbocycles. The molecule has 5 nitrogen and oxygen atoms in total. The van der Waals surface area contributed by atoms with E-state index >= 15 is 0 Å². The maximum atomic E-state index is 8.36. The molecule has 10 heavy (non-hydrogen) atoms. The zero-order chi connectivity index (χ0) is 6.24. The van der Waals surface area contributed by atoms with E-state index in [2.05, 4.69) is 4.99 Å². The average Bonchev–Trinajstić information content (AvgIpc) is 2.17. The molecule has 0 aromatic heterocycles. The van der Waals surface area contributed by atoms with Gasteiger partial charge in [-0.15, -0.1) is 0 Å². The van der Waals surface area contributed by atoms with Gasteiger partial charge in [0.25, 0.3) is 0 Å². The van der Waals surface area contributed by atoms with Gasteiger partial charge < -0.3 is 15.5 Å². The monoisotopic (exact) mass is 153 g/mol. The van der Waals surface area contributed by atoms with Gasteiger partial charge in [-0.25, -0.2) is 4.99 Å². The van der Waals surface area contributed by atoms with E-state index < -0.39 is 0 Å². The molecule has 1 aliphatic heterocycles. The molecule has 0 unspecified atom stereocenters. The first-order chi connectivity index (χ1) is 3.91. The molecule has 1 radical (unpaired) electrons. The second-order valence-corrected chi connectivity index (χ2v) is 0.938. The van der Waals surface area contributed by atoms with Gasteiger partial charge in [0, 0.05) is 0 Å². The first-order valence-electron chi connectivity index (χ1n) is 2.01. The molecule has 1 heterocycles. The van der Waals surface area contributed by atoms with Crippen molar-refractivity contribution in [2.75, 3.05) is 0 Å². The van der Waals surface area contributed by atoms with E-state index in [1.54, 1.807) is 12.5 Å². The predicted octanol–water partition coefficient (Wildman–Crippen LogP) is -6.24. The van der Waals surface area contributed by atoms with Crippen molar-refractivity contribution in [3.05, 3.63) is 12.4 Å². The molecule has 0 aromatic rings. The van der Waals surface area contributed by atoms with Crippen molar-refractivity contribution in [2.24, 2.45) is 4.99 Å². The van der Waals surface area contributed by atoms with Crippen molar-refractivity contribution in [1.82, 2.24) is 0 Å². The Morgan fingerprint density at radius 3 is 2.20 bits per heavy atom. The summed E-state index contributed by atoms with van der Waals surface area (Å²) in [4.78, 5) is 3.72. The fourth-order valence-electron chi connectivity index (χ4n) is 0.248. The van der Waals surface area contributed by atoms with Crippen LogP contribution in [0.25, 0.3) is 0 Å². The summed E-state index contributed by atoms with van der Waals surface area (Å²) in [6.07, 6.45) is 5.39. The Kier molecular flexibility index (Phi) is 27.0. The topological polar surface area (TPSA) is 102 Å². The molecule has 0 fully saturated rings. The summed E-state index contributed by atoms with van der Waals surface area (Å²) in [5.41, 5.74) is 0. The van der Waals surface area contributed by atoms with Gasteiger partial charge in [-0.3, -0.25) is 5.32 Å². The van der Waals surface area contributed by atoms with Gasteiger partial charge in [-0.05, 0) is 0 Å². The molecule has 0 saturated heterocycles. The molecule has 0 aliphatic carbocycles. The van der Waals surface area contributed by atoms with E-state index in [4.69, 9.17) is 10.0 Å². The van der Waals surface area contributed by atoms with Crippen molar-refractivity contribution in [3.8, 4) is 0 Å². The third kappa shape index (κ3) is 15.8. The zero-order valence-electron chi connectivity index (χ0n) is 5.64. The Bertz CT molecular complexity index is 89.7. The van der Waals surface area contributed by atoms with Crippen LogP contribution < -0.4 is 39.9 Å². The van der Waals surface area contributed by atoms with Crippen molar-refractivity contribution in [2.45, 2.75) is 0 Å². The van der Waals surface area contributed by atoms with Gasteiger partial charge in [0.15, 0.2) is 14.0 Å². The predicted molar refractivity (Wildman–Crippen MR) is 29.5 cm³/mol. The average molecular weight is 153 g/mol. The Hall–Kier alpha value is 0.315. The molecule has 4 N–H and O–H groups in total. The van der Waals surface area contributed by atoms with Gasteiger partial charge in [0.2, 0.25) is 0 Å². The van der Waals surface area contributed by atoms with E-state index in [1.807, 2.05) is 11.5 Å². The van der Waals surface area contributed by atoms with Crippen LogP contribution in [0.1, 0.15) is 0 Å². The number of aliphatic imine (C=N–C) groups is 1. The fourth-order valence-corrected chi connectivity index (χ4v) is 0.248. The minimum atomic E-state index is -0.250. The van der Waals surface area contributed by atoms with Gasteiger partial charge >= 0.3 is 29.6 Å². The number of hydrogen-bond acceptors (Lipinski definition) is 4. The first kappa shape index (κ1) is 16.7. The molecule has 7 heteroatoms. The second kappa shape index (κ2) is 16.1. The van der Waals surface area contributed by atoms with Crippen LogP contribution in [0, 0.1) is 0 Å². The number of nitrogens with two attached hydrogens (primary N) is 1. The third-order valence-electron chi connectivity index (χ3n) is 0.455. The minimum Gasteiger partial charge on any atom is -0.870 e. The SMILES string of the molecule is C1=C[NH2+]C=N1.[Na+].[O-][B]O.[OH-]. The normalized spacial score (nSPS) is 10.2.